The van der Waals surface area contributed by atoms with Crippen LogP contribution >= 0.6 is 0 Å². The zero-order chi connectivity index (χ0) is 13.8. The van der Waals surface area contributed by atoms with Crippen LogP contribution in [0.25, 0.3) is 10.9 Å². The van der Waals surface area contributed by atoms with E-state index in [9.17, 15) is 0 Å². The Hall–Kier alpha value is -2.02. The van der Waals surface area contributed by atoms with Gasteiger partial charge < -0.3 is 4.98 Å². The summed E-state index contributed by atoms with van der Waals surface area (Å²) in [6.07, 6.45) is 7.01. The first-order valence-corrected chi connectivity index (χ1v) is 7.43. The van der Waals surface area contributed by atoms with Gasteiger partial charge in [0.15, 0.2) is 0 Å². The molecule has 1 nitrogen and oxygen atoms in total. The van der Waals surface area contributed by atoms with E-state index in [1.165, 1.54) is 46.9 Å². The molecular weight excluding hydrogens is 242 g/mol. The smallest absolute Gasteiger partial charge is 0.0456 e. The van der Waals surface area contributed by atoms with Gasteiger partial charge in [0.1, 0.15) is 0 Å². The van der Waals surface area contributed by atoms with Gasteiger partial charge in [-0.2, -0.15) is 0 Å². The van der Waals surface area contributed by atoms with Crippen molar-refractivity contribution in [1.29, 1.82) is 0 Å². The van der Waals surface area contributed by atoms with Gasteiger partial charge in [0.05, 0.1) is 0 Å². The van der Waals surface area contributed by atoms with Crippen molar-refractivity contribution in [1.82, 2.24) is 4.98 Å². The minimum Gasteiger partial charge on any atom is -0.361 e. The number of H-pyrrole nitrogens is 1. The molecular formula is C19H21N. The molecule has 3 aromatic rings. The number of aromatic nitrogens is 1. The van der Waals surface area contributed by atoms with Crippen LogP contribution in [0.3, 0.4) is 0 Å². The first kappa shape index (κ1) is 13.0. The van der Waals surface area contributed by atoms with E-state index in [1.807, 2.05) is 0 Å². The first-order valence-electron chi connectivity index (χ1n) is 7.43. The molecule has 0 radical (unpaired) electrons. The molecule has 0 saturated heterocycles. The van der Waals surface area contributed by atoms with Gasteiger partial charge in [-0.1, -0.05) is 48.0 Å². The Balaban J connectivity index is 1.54. The van der Waals surface area contributed by atoms with Crippen LogP contribution in [0.5, 0.6) is 0 Å². The summed E-state index contributed by atoms with van der Waals surface area (Å²) in [5.41, 5.74) is 5.49. The highest BCUT2D eigenvalue weighted by Gasteiger charge is 2.02. The van der Waals surface area contributed by atoms with E-state index >= 15 is 0 Å². The van der Waals surface area contributed by atoms with Gasteiger partial charge >= 0.3 is 0 Å². The summed E-state index contributed by atoms with van der Waals surface area (Å²) in [4.78, 5) is 3.35. The van der Waals surface area contributed by atoms with Crippen molar-refractivity contribution in [3.05, 3.63) is 71.4 Å². The number of fused-ring (bicyclic) bond motifs is 1. The Kier molecular flexibility index (Phi) is 3.87. The monoisotopic (exact) mass is 263 g/mol. The molecule has 0 fully saturated rings. The number of aromatic amines is 1. The van der Waals surface area contributed by atoms with Gasteiger partial charge in [-0.15, -0.1) is 0 Å². The summed E-state index contributed by atoms with van der Waals surface area (Å²) in [5.74, 6) is 0. The first-order chi connectivity index (χ1) is 9.83. The van der Waals surface area contributed by atoms with Gasteiger partial charge in [0.2, 0.25) is 0 Å². The van der Waals surface area contributed by atoms with Crippen molar-refractivity contribution in [3.8, 4) is 0 Å². The molecule has 1 N–H and O–H groups in total. The molecule has 1 heteroatoms. The molecule has 0 saturated carbocycles. The molecule has 102 valence electrons. The third-order valence-corrected chi connectivity index (χ3v) is 3.96. The molecule has 3 rings (SSSR count). The summed E-state index contributed by atoms with van der Waals surface area (Å²) in [7, 11) is 0. The third-order valence-electron chi connectivity index (χ3n) is 3.96. The predicted molar refractivity (Wildman–Crippen MR) is 86.1 cm³/mol. The SMILES string of the molecule is Cc1ccc(CCCCc2c[nH]c3ccccc23)cc1. The predicted octanol–water partition coefficient (Wildman–Crippen LogP) is 5.04. The molecule has 0 aliphatic carbocycles. The van der Waals surface area contributed by atoms with Crippen LogP contribution < -0.4 is 0 Å². The fraction of sp³-hybridized carbons (Fsp3) is 0.263. The summed E-state index contributed by atoms with van der Waals surface area (Å²) >= 11 is 0. The van der Waals surface area contributed by atoms with Crippen LogP contribution in [-0.4, -0.2) is 4.98 Å². The van der Waals surface area contributed by atoms with Crippen LogP contribution in [0.4, 0.5) is 0 Å². The van der Waals surface area contributed by atoms with Crippen molar-refractivity contribution < 1.29 is 0 Å². The number of aryl methyl sites for hydroxylation is 3. The average molecular weight is 263 g/mol. The van der Waals surface area contributed by atoms with Crippen LogP contribution in [0.15, 0.2) is 54.7 Å². The fourth-order valence-corrected chi connectivity index (χ4v) is 2.74. The molecule has 0 aliphatic rings. The maximum Gasteiger partial charge on any atom is 0.0456 e. The molecule has 0 spiro atoms. The molecule has 0 amide bonds. The number of rotatable bonds is 5. The largest absolute Gasteiger partial charge is 0.361 e. The Labute approximate surface area is 120 Å². The van der Waals surface area contributed by atoms with Crippen LogP contribution in [-0.2, 0) is 12.8 Å². The van der Waals surface area contributed by atoms with E-state index in [4.69, 9.17) is 0 Å². The van der Waals surface area contributed by atoms with Crippen molar-refractivity contribution in [2.24, 2.45) is 0 Å². The highest BCUT2D eigenvalue weighted by Crippen LogP contribution is 2.20. The lowest BCUT2D eigenvalue weighted by molar-refractivity contribution is 0.736. The van der Waals surface area contributed by atoms with Crippen LogP contribution in [0.1, 0.15) is 29.5 Å². The second kappa shape index (κ2) is 5.96. The number of unbranched alkanes of at least 4 members (excludes halogenated alkanes) is 1. The average Bonchev–Trinajstić information content (AvgIpc) is 2.89. The maximum absolute atomic E-state index is 3.35. The Morgan fingerprint density at radius 3 is 2.45 bits per heavy atom. The maximum atomic E-state index is 3.35. The Morgan fingerprint density at radius 2 is 1.60 bits per heavy atom. The molecule has 0 aliphatic heterocycles. The second-order valence-corrected chi connectivity index (χ2v) is 5.55. The van der Waals surface area contributed by atoms with Crippen molar-refractivity contribution in [2.45, 2.75) is 32.6 Å². The number of benzene rings is 2. The molecule has 1 aromatic heterocycles. The second-order valence-electron chi connectivity index (χ2n) is 5.55. The van der Waals surface area contributed by atoms with E-state index in [-0.39, 0.29) is 0 Å². The van der Waals surface area contributed by atoms with Crippen molar-refractivity contribution in [2.75, 3.05) is 0 Å². The molecule has 0 unspecified atom stereocenters. The van der Waals surface area contributed by atoms with E-state index in [0.29, 0.717) is 0 Å². The topological polar surface area (TPSA) is 15.8 Å². The molecule has 20 heavy (non-hydrogen) atoms. The quantitative estimate of drug-likeness (QED) is 0.621. The highest BCUT2D eigenvalue weighted by atomic mass is 14.7. The van der Waals surface area contributed by atoms with Gasteiger partial charge in [0, 0.05) is 17.1 Å². The van der Waals surface area contributed by atoms with E-state index < -0.39 is 0 Å². The lowest BCUT2D eigenvalue weighted by Gasteiger charge is -2.02. The van der Waals surface area contributed by atoms with Crippen molar-refractivity contribution in [3.63, 3.8) is 0 Å². The van der Waals surface area contributed by atoms with E-state index in [1.54, 1.807) is 0 Å². The highest BCUT2D eigenvalue weighted by molar-refractivity contribution is 5.82. The van der Waals surface area contributed by atoms with E-state index in [2.05, 4.69) is 66.6 Å². The summed E-state index contributed by atoms with van der Waals surface area (Å²) in [6, 6.07) is 17.5. The minimum atomic E-state index is 1.16. The molecule has 0 atom stereocenters. The summed E-state index contributed by atoms with van der Waals surface area (Å²) in [6.45, 7) is 2.14. The normalized spacial score (nSPS) is 11.1. The van der Waals surface area contributed by atoms with Gasteiger partial charge in [-0.3, -0.25) is 0 Å². The Bertz CT molecular complexity index is 676. The van der Waals surface area contributed by atoms with Crippen LogP contribution in [0, 0.1) is 6.92 Å². The number of hydrogen-bond donors (Lipinski definition) is 1. The van der Waals surface area contributed by atoms with Gasteiger partial charge in [-0.25, -0.2) is 0 Å². The minimum absolute atomic E-state index is 1.16. The van der Waals surface area contributed by atoms with Crippen LogP contribution in [0.2, 0.25) is 0 Å². The standard InChI is InChI=1S/C19H21N/c1-15-10-12-16(13-11-15)6-2-3-7-17-14-20-19-9-5-4-8-18(17)19/h4-5,8-14,20H,2-3,6-7H2,1H3. The lowest BCUT2D eigenvalue weighted by atomic mass is 10.0. The van der Waals surface area contributed by atoms with E-state index in [0.717, 1.165) is 6.42 Å². The fourth-order valence-electron chi connectivity index (χ4n) is 2.74. The zero-order valence-electron chi connectivity index (χ0n) is 12.0. The Morgan fingerprint density at radius 1 is 0.850 bits per heavy atom. The van der Waals surface area contributed by atoms with Gasteiger partial charge in [-0.05, 0) is 49.8 Å². The number of para-hydroxylation sites is 1. The summed E-state index contributed by atoms with van der Waals surface area (Å²) in [5, 5.41) is 1.38. The van der Waals surface area contributed by atoms with Crippen molar-refractivity contribution >= 4 is 10.9 Å². The lowest BCUT2D eigenvalue weighted by Crippen LogP contribution is -1.89. The molecule has 1 heterocycles. The molecule has 2 aromatic carbocycles. The van der Waals surface area contributed by atoms with Gasteiger partial charge in [0.25, 0.3) is 0 Å². The zero-order valence-corrected chi connectivity index (χ0v) is 12.0. The molecule has 0 bridgehead atoms. The summed E-state index contributed by atoms with van der Waals surface area (Å²) < 4.78 is 0. The number of nitrogens with one attached hydrogen (secondary N) is 1. The third kappa shape index (κ3) is 2.93. The number of hydrogen-bond acceptors (Lipinski definition) is 0.